The molecule has 1 aromatic heterocycles. The second-order valence-electron chi connectivity index (χ2n) is 4.39. The zero-order valence-corrected chi connectivity index (χ0v) is 10.7. The van der Waals surface area contributed by atoms with E-state index in [-0.39, 0.29) is 0 Å². The average Bonchev–Trinajstić information content (AvgIpc) is 2.70. The van der Waals surface area contributed by atoms with Gasteiger partial charge in [-0.2, -0.15) is 0 Å². The third kappa shape index (κ3) is 3.93. The van der Waals surface area contributed by atoms with Crippen LogP contribution in [0.4, 0.5) is 0 Å². The lowest BCUT2D eigenvalue weighted by Crippen LogP contribution is -2.32. The van der Waals surface area contributed by atoms with Crippen molar-refractivity contribution in [1.29, 1.82) is 0 Å². The molecule has 2 nitrogen and oxygen atoms in total. The summed E-state index contributed by atoms with van der Waals surface area (Å²) in [6, 6.07) is 4.72. The van der Waals surface area contributed by atoms with E-state index in [1.54, 1.807) is 11.3 Å². The summed E-state index contributed by atoms with van der Waals surface area (Å²) in [4.78, 5) is 1.40. The molecule has 0 bridgehead atoms. The maximum Gasteiger partial charge on any atom is 0.0386 e. The molecule has 1 aromatic rings. The Balaban J connectivity index is 2.36. The normalized spacial score (nSPS) is 15.5. The van der Waals surface area contributed by atoms with Crippen molar-refractivity contribution in [3.05, 3.63) is 22.4 Å². The molecule has 2 unspecified atom stereocenters. The molecule has 1 rings (SSSR count). The van der Waals surface area contributed by atoms with Crippen molar-refractivity contribution >= 4 is 11.3 Å². The smallest absolute Gasteiger partial charge is 0.0386 e. The van der Waals surface area contributed by atoms with Crippen molar-refractivity contribution < 1.29 is 0 Å². The molecule has 0 saturated heterocycles. The highest BCUT2D eigenvalue weighted by Gasteiger charge is 2.13. The van der Waals surface area contributed by atoms with Gasteiger partial charge in [0.25, 0.3) is 0 Å². The zero-order valence-electron chi connectivity index (χ0n) is 9.86. The molecule has 3 heteroatoms. The van der Waals surface area contributed by atoms with Crippen LogP contribution >= 0.6 is 11.3 Å². The Morgan fingerprint density at radius 1 is 1.40 bits per heavy atom. The van der Waals surface area contributed by atoms with Crippen molar-refractivity contribution in [3.8, 4) is 0 Å². The lowest BCUT2D eigenvalue weighted by molar-refractivity contribution is 0.357. The van der Waals surface area contributed by atoms with Crippen LogP contribution in [0.25, 0.3) is 0 Å². The molecule has 0 fully saturated rings. The van der Waals surface area contributed by atoms with Crippen molar-refractivity contribution in [2.45, 2.75) is 26.8 Å². The van der Waals surface area contributed by atoms with Gasteiger partial charge in [-0.1, -0.05) is 19.9 Å². The lowest BCUT2D eigenvalue weighted by Gasteiger charge is -2.21. The Morgan fingerprint density at radius 3 is 2.60 bits per heavy atom. The Bertz CT molecular complexity index is 257. The van der Waals surface area contributed by atoms with Crippen molar-refractivity contribution in [3.63, 3.8) is 0 Å². The summed E-state index contributed by atoms with van der Waals surface area (Å²) in [5.41, 5.74) is 5.74. The van der Waals surface area contributed by atoms with Gasteiger partial charge in [0.2, 0.25) is 0 Å². The van der Waals surface area contributed by atoms with Gasteiger partial charge < -0.3 is 11.1 Å². The first-order valence-electron chi connectivity index (χ1n) is 5.62. The van der Waals surface area contributed by atoms with Crippen LogP contribution < -0.4 is 11.1 Å². The van der Waals surface area contributed by atoms with Gasteiger partial charge in [0.1, 0.15) is 0 Å². The summed E-state index contributed by atoms with van der Waals surface area (Å²) in [6.07, 6.45) is 0. The van der Waals surface area contributed by atoms with Crippen LogP contribution in [0, 0.1) is 11.8 Å². The largest absolute Gasteiger partial charge is 0.330 e. The van der Waals surface area contributed by atoms with E-state index in [1.165, 1.54) is 4.88 Å². The number of nitrogens with one attached hydrogen (secondary N) is 1. The second kappa shape index (κ2) is 6.26. The molecule has 2 atom stereocenters. The minimum absolute atomic E-state index is 0.442. The molecule has 0 aliphatic carbocycles. The molecule has 0 aromatic carbocycles. The lowest BCUT2D eigenvalue weighted by atomic mass is 9.96. The third-order valence-electron chi connectivity index (χ3n) is 2.90. The van der Waals surface area contributed by atoms with Gasteiger partial charge in [0.15, 0.2) is 0 Å². The van der Waals surface area contributed by atoms with Crippen LogP contribution in [0.5, 0.6) is 0 Å². The van der Waals surface area contributed by atoms with E-state index in [0.29, 0.717) is 17.9 Å². The summed E-state index contributed by atoms with van der Waals surface area (Å²) in [5, 5.41) is 5.67. The molecule has 0 saturated carbocycles. The van der Waals surface area contributed by atoms with Crippen LogP contribution in [-0.2, 0) is 0 Å². The van der Waals surface area contributed by atoms with Crippen molar-refractivity contribution in [2.24, 2.45) is 17.6 Å². The fourth-order valence-corrected chi connectivity index (χ4v) is 2.32. The monoisotopic (exact) mass is 226 g/mol. The number of hydrogen-bond acceptors (Lipinski definition) is 3. The van der Waals surface area contributed by atoms with Gasteiger partial charge >= 0.3 is 0 Å². The zero-order chi connectivity index (χ0) is 11.3. The van der Waals surface area contributed by atoms with Crippen molar-refractivity contribution in [2.75, 3.05) is 13.1 Å². The summed E-state index contributed by atoms with van der Waals surface area (Å²) >= 11 is 1.80. The van der Waals surface area contributed by atoms with Gasteiger partial charge in [-0.15, -0.1) is 11.3 Å². The summed E-state index contributed by atoms with van der Waals surface area (Å²) in [7, 11) is 0. The van der Waals surface area contributed by atoms with Crippen molar-refractivity contribution in [1.82, 2.24) is 5.32 Å². The van der Waals surface area contributed by atoms with E-state index in [0.717, 1.165) is 13.1 Å². The topological polar surface area (TPSA) is 38.0 Å². The molecule has 0 aliphatic heterocycles. The van der Waals surface area contributed by atoms with Gasteiger partial charge in [0, 0.05) is 10.9 Å². The highest BCUT2D eigenvalue weighted by atomic mass is 32.1. The molecular formula is C12H22N2S. The van der Waals surface area contributed by atoms with E-state index < -0.39 is 0 Å². The van der Waals surface area contributed by atoms with Gasteiger partial charge in [-0.05, 0) is 43.3 Å². The second-order valence-corrected chi connectivity index (χ2v) is 5.36. The maximum absolute atomic E-state index is 5.74. The Labute approximate surface area is 96.9 Å². The van der Waals surface area contributed by atoms with E-state index >= 15 is 0 Å². The maximum atomic E-state index is 5.74. The van der Waals surface area contributed by atoms with E-state index in [9.17, 15) is 0 Å². The molecule has 0 spiro atoms. The highest BCUT2D eigenvalue weighted by molar-refractivity contribution is 7.10. The molecule has 0 amide bonds. The summed E-state index contributed by atoms with van der Waals surface area (Å²) in [5.74, 6) is 1.23. The summed E-state index contributed by atoms with van der Waals surface area (Å²) in [6.45, 7) is 8.44. The number of thiophene rings is 1. The fraction of sp³-hybridized carbons (Fsp3) is 0.667. The van der Waals surface area contributed by atoms with E-state index in [1.807, 2.05) is 0 Å². The predicted octanol–water partition coefficient (Wildman–Crippen LogP) is 2.63. The molecule has 86 valence electrons. The highest BCUT2D eigenvalue weighted by Crippen LogP contribution is 2.18. The van der Waals surface area contributed by atoms with Crippen LogP contribution in [0.15, 0.2) is 17.5 Å². The molecule has 0 aliphatic rings. The first-order valence-corrected chi connectivity index (χ1v) is 6.50. The summed E-state index contributed by atoms with van der Waals surface area (Å²) < 4.78 is 0. The number of hydrogen-bond donors (Lipinski definition) is 2. The standard InChI is InChI=1S/C12H22N2S/c1-9(2)11(7-13)8-14-10(3)12-5-4-6-15-12/h4-6,9-11,14H,7-8,13H2,1-3H3. The van der Waals surface area contributed by atoms with Gasteiger partial charge in [0.05, 0.1) is 0 Å². The van der Waals surface area contributed by atoms with Gasteiger partial charge in [-0.3, -0.25) is 0 Å². The fourth-order valence-electron chi connectivity index (χ4n) is 1.56. The first kappa shape index (κ1) is 12.7. The Kier molecular flexibility index (Phi) is 5.29. The van der Waals surface area contributed by atoms with Crippen LogP contribution in [0.3, 0.4) is 0 Å². The quantitative estimate of drug-likeness (QED) is 0.782. The van der Waals surface area contributed by atoms with E-state index in [4.69, 9.17) is 5.73 Å². The average molecular weight is 226 g/mol. The molecule has 1 heterocycles. The molecule has 0 radical (unpaired) electrons. The minimum atomic E-state index is 0.442. The molecule has 3 N–H and O–H groups in total. The van der Waals surface area contributed by atoms with Crippen LogP contribution in [0.1, 0.15) is 31.7 Å². The molecule has 15 heavy (non-hydrogen) atoms. The number of rotatable bonds is 6. The number of nitrogens with two attached hydrogens (primary N) is 1. The first-order chi connectivity index (χ1) is 7.15. The van der Waals surface area contributed by atoms with Crippen LogP contribution in [-0.4, -0.2) is 13.1 Å². The van der Waals surface area contributed by atoms with Crippen LogP contribution in [0.2, 0.25) is 0 Å². The Hall–Kier alpha value is -0.380. The van der Waals surface area contributed by atoms with Gasteiger partial charge in [-0.25, -0.2) is 0 Å². The SMILES string of the molecule is CC(NCC(CN)C(C)C)c1cccs1. The molecular weight excluding hydrogens is 204 g/mol. The minimum Gasteiger partial charge on any atom is -0.330 e. The third-order valence-corrected chi connectivity index (χ3v) is 3.96. The van der Waals surface area contributed by atoms with E-state index in [2.05, 4.69) is 43.6 Å². The Morgan fingerprint density at radius 2 is 2.13 bits per heavy atom. The predicted molar refractivity (Wildman–Crippen MR) is 68.1 cm³/mol.